The lowest BCUT2D eigenvalue weighted by molar-refractivity contribution is 0.533. The largest absolute Gasteiger partial charge is 0.340 e. The third-order valence-electron chi connectivity index (χ3n) is 3.44. The Morgan fingerprint density at radius 1 is 1.20 bits per heavy atom. The van der Waals surface area contributed by atoms with Gasteiger partial charge in [0.15, 0.2) is 0 Å². The standard InChI is InChI=1S/C11H16N4/c1-8-2-13-11(14-3-8)15-6-9-4-12-5-10(9)7-15/h2-3,9-10,12H,4-7H2,1H3/t9-,10+. The molecule has 0 aliphatic carbocycles. The number of aromatic nitrogens is 2. The van der Waals surface area contributed by atoms with Crippen LogP contribution in [0.2, 0.25) is 0 Å². The molecule has 1 N–H and O–H groups in total. The van der Waals surface area contributed by atoms with Crippen LogP contribution >= 0.6 is 0 Å². The van der Waals surface area contributed by atoms with Gasteiger partial charge in [-0.15, -0.1) is 0 Å². The zero-order valence-corrected chi connectivity index (χ0v) is 8.98. The number of hydrogen-bond donors (Lipinski definition) is 1. The monoisotopic (exact) mass is 204 g/mol. The van der Waals surface area contributed by atoms with Gasteiger partial charge in [-0.2, -0.15) is 0 Å². The van der Waals surface area contributed by atoms with E-state index >= 15 is 0 Å². The molecule has 0 radical (unpaired) electrons. The van der Waals surface area contributed by atoms with Crippen molar-refractivity contribution in [1.82, 2.24) is 15.3 Å². The molecule has 1 aromatic rings. The van der Waals surface area contributed by atoms with Crippen molar-refractivity contribution in [2.75, 3.05) is 31.1 Å². The first-order valence-corrected chi connectivity index (χ1v) is 5.57. The van der Waals surface area contributed by atoms with Crippen LogP contribution in [0.1, 0.15) is 5.56 Å². The Bertz CT molecular complexity index is 336. The molecule has 2 aliphatic rings. The minimum Gasteiger partial charge on any atom is -0.340 e. The third kappa shape index (κ3) is 1.59. The van der Waals surface area contributed by atoms with E-state index in [9.17, 15) is 0 Å². The van der Waals surface area contributed by atoms with Crippen LogP contribution in [0.3, 0.4) is 0 Å². The molecule has 0 saturated carbocycles. The summed E-state index contributed by atoms with van der Waals surface area (Å²) in [6.07, 6.45) is 3.80. The lowest BCUT2D eigenvalue weighted by Gasteiger charge is -2.16. The van der Waals surface area contributed by atoms with E-state index < -0.39 is 0 Å². The molecule has 4 heteroatoms. The molecule has 0 amide bonds. The number of hydrogen-bond acceptors (Lipinski definition) is 4. The smallest absolute Gasteiger partial charge is 0.225 e. The fourth-order valence-corrected chi connectivity index (χ4v) is 2.57. The van der Waals surface area contributed by atoms with Gasteiger partial charge >= 0.3 is 0 Å². The maximum absolute atomic E-state index is 4.38. The highest BCUT2D eigenvalue weighted by molar-refractivity contribution is 5.32. The van der Waals surface area contributed by atoms with E-state index in [-0.39, 0.29) is 0 Å². The number of aryl methyl sites for hydroxylation is 1. The van der Waals surface area contributed by atoms with Crippen LogP contribution < -0.4 is 10.2 Å². The minimum atomic E-state index is 0.801. The second kappa shape index (κ2) is 3.45. The SMILES string of the molecule is Cc1cnc(N2C[C@H]3CNC[C@H]3C2)nc1. The first kappa shape index (κ1) is 9.09. The topological polar surface area (TPSA) is 41.1 Å². The van der Waals surface area contributed by atoms with Crippen molar-refractivity contribution in [1.29, 1.82) is 0 Å². The van der Waals surface area contributed by atoms with Crippen LogP contribution in [0.4, 0.5) is 5.95 Å². The summed E-state index contributed by atoms with van der Waals surface area (Å²) in [4.78, 5) is 11.1. The van der Waals surface area contributed by atoms with Crippen molar-refractivity contribution >= 4 is 5.95 Å². The predicted molar refractivity (Wildman–Crippen MR) is 58.8 cm³/mol. The number of nitrogens with one attached hydrogen (secondary N) is 1. The van der Waals surface area contributed by atoms with Gasteiger partial charge in [0, 0.05) is 38.6 Å². The molecule has 2 fully saturated rings. The molecule has 80 valence electrons. The molecule has 2 saturated heterocycles. The second-order valence-corrected chi connectivity index (χ2v) is 4.64. The Hall–Kier alpha value is -1.16. The average Bonchev–Trinajstić information content (AvgIpc) is 2.78. The predicted octanol–water partition coefficient (Wildman–Crippen LogP) is 0.441. The van der Waals surface area contributed by atoms with E-state index in [1.54, 1.807) is 0 Å². The molecular formula is C11H16N4. The first-order chi connectivity index (χ1) is 7.33. The van der Waals surface area contributed by atoms with E-state index in [0.29, 0.717) is 0 Å². The summed E-state index contributed by atoms with van der Waals surface area (Å²) >= 11 is 0. The molecule has 2 aliphatic heterocycles. The van der Waals surface area contributed by atoms with E-state index in [4.69, 9.17) is 0 Å². The van der Waals surface area contributed by atoms with E-state index in [0.717, 1.165) is 49.5 Å². The highest BCUT2D eigenvalue weighted by Gasteiger charge is 2.36. The average molecular weight is 204 g/mol. The number of anilines is 1. The summed E-state index contributed by atoms with van der Waals surface area (Å²) in [6.45, 7) is 6.56. The summed E-state index contributed by atoms with van der Waals surface area (Å²) in [5.41, 5.74) is 1.12. The highest BCUT2D eigenvalue weighted by Crippen LogP contribution is 2.28. The minimum absolute atomic E-state index is 0.801. The van der Waals surface area contributed by atoms with Crippen LogP contribution in [-0.4, -0.2) is 36.1 Å². The third-order valence-corrected chi connectivity index (χ3v) is 3.44. The Balaban J connectivity index is 1.76. The Morgan fingerprint density at radius 2 is 1.80 bits per heavy atom. The van der Waals surface area contributed by atoms with Gasteiger partial charge in [0.25, 0.3) is 0 Å². The van der Waals surface area contributed by atoms with Crippen LogP contribution in [0.25, 0.3) is 0 Å². The van der Waals surface area contributed by atoms with Gasteiger partial charge in [-0.05, 0) is 24.3 Å². The van der Waals surface area contributed by atoms with Gasteiger partial charge in [0.2, 0.25) is 5.95 Å². The molecular weight excluding hydrogens is 188 g/mol. The van der Waals surface area contributed by atoms with Crippen LogP contribution in [0, 0.1) is 18.8 Å². The van der Waals surface area contributed by atoms with Crippen molar-refractivity contribution in [3.05, 3.63) is 18.0 Å². The zero-order valence-electron chi connectivity index (χ0n) is 8.98. The number of nitrogens with zero attached hydrogens (tertiary/aromatic N) is 3. The quantitative estimate of drug-likeness (QED) is 0.720. The fourth-order valence-electron chi connectivity index (χ4n) is 2.57. The zero-order chi connectivity index (χ0) is 10.3. The van der Waals surface area contributed by atoms with Gasteiger partial charge in [-0.25, -0.2) is 9.97 Å². The van der Waals surface area contributed by atoms with Crippen molar-refractivity contribution in [2.24, 2.45) is 11.8 Å². The maximum atomic E-state index is 4.38. The first-order valence-electron chi connectivity index (χ1n) is 5.57. The highest BCUT2D eigenvalue weighted by atomic mass is 15.3. The molecule has 15 heavy (non-hydrogen) atoms. The van der Waals surface area contributed by atoms with Gasteiger partial charge in [-0.1, -0.05) is 0 Å². The summed E-state index contributed by atoms with van der Waals surface area (Å²) in [5, 5.41) is 3.44. The molecule has 2 atom stereocenters. The molecule has 0 spiro atoms. The summed E-state index contributed by atoms with van der Waals surface area (Å²) < 4.78 is 0. The van der Waals surface area contributed by atoms with Crippen molar-refractivity contribution in [3.63, 3.8) is 0 Å². The maximum Gasteiger partial charge on any atom is 0.225 e. The summed E-state index contributed by atoms with van der Waals surface area (Å²) in [6, 6.07) is 0. The number of fused-ring (bicyclic) bond motifs is 1. The number of rotatable bonds is 1. The molecule has 3 heterocycles. The van der Waals surface area contributed by atoms with Crippen molar-refractivity contribution < 1.29 is 0 Å². The fraction of sp³-hybridized carbons (Fsp3) is 0.636. The summed E-state index contributed by atoms with van der Waals surface area (Å²) in [7, 11) is 0. The lowest BCUT2D eigenvalue weighted by Crippen LogP contribution is -2.26. The van der Waals surface area contributed by atoms with Crippen molar-refractivity contribution in [2.45, 2.75) is 6.92 Å². The molecule has 4 nitrogen and oxygen atoms in total. The van der Waals surface area contributed by atoms with Crippen LogP contribution in [0.15, 0.2) is 12.4 Å². The van der Waals surface area contributed by atoms with Crippen molar-refractivity contribution in [3.8, 4) is 0 Å². The van der Waals surface area contributed by atoms with Gasteiger partial charge in [0.1, 0.15) is 0 Å². The van der Waals surface area contributed by atoms with E-state index in [2.05, 4.69) is 20.2 Å². The van der Waals surface area contributed by atoms with Gasteiger partial charge < -0.3 is 10.2 Å². The molecule has 0 aromatic carbocycles. The van der Waals surface area contributed by atoms with Crippen LogP contribution in [-0.2, 0) is 0 Å². The Kier molecular flexibility index (Phi) is 2.09. The van der Waals surface area contributed by atoms with E-state index in [1.807, 2.05) is 19.3 Å². The van der Waals surface area contributed by atoms with Gasteiger partial charge in [-0.3, -0.25) is 0 Å². The lowest BCUT2D eigenvalue weighted by atomic mass is 10.0. The van der Waals surface area contributed by atoms with E-state index in [1.165, 1.54) is 0 Å². The molecule has 0 bridgehead atoms. The molecule has 3 rings (SSSR count). The Labute approximate surface area is 89.7 Å². The molecule has 0 unspecified atom stereocenters. The Morgan fingerprint density at radius 3 is 2.40 bits per heavy atom. The molecule has 1 aromatic heterocycles. The summed E-state index contributed by atoms with van der Waals surface area (Å²) in [5.74, 6) is 2.50. The normalized spacial score (nSPS) is 29.5. The van der Waals surface area contributed by atoms with Crippen LogP contribution in [0.5, 0.6) is 0 Å². The van der Waals surface area contributed by atoms with Gasteiger partial charge in [0.05, 0.1) is 0 Å². The second-order valence-electron chi connectivity index (χ2n) is 4.64.